The largest absolute Gasteiger partial charge is 0.381 e. The van der Waals surface area contributed by atoms with E-state index >= 15 is 0 Å². The molecule has 0 bridgehead atoms. The molecule has 1 amide bonds. The molecule has 1 aliphatic heterocycles. The molecule has 6 nitrogen and oxygen atoms in total. The van der Waals surface area contributed by atoms with Crippen molar-refractivity contribution in [3.63, 3.8) is 0 Å². The van der Waals surface area contributed by atoms with Gasteiger partial charge in [-0.25, -0.2) is 4.79 Å². The van der Waals surface area contributed by atoms with Gasteiger partial charge in [-0.1, -0.05) is 0 Å². The highest BCUT2D eigenvalue weighted by Crippen LogP contribution is 2.05. The van der Waals surface area contributed by atoms with Crippen molar-refractivity contribution in [3.05, 3.63) is 28.4 Å². The van der Waals surface area contributed by atoms with E-state index in [1.165, 1.54) is 4.57 Å². The predicted octanol–water partition coefficient (Wildman–Crippen LogP) is -0.153. The SMILES string of the molecule is Cc1ccn(CC(=O)NC2CCOCC2)c(=O)n1. The van der Waals surface area contributed by atoms with Gasteiger partial charge in [-0.05, 0) is 25.8 Å². The van der Waals surface area contributed by atoms with Crippen LogP contribution in [0.1, 0.15) is 18.5 Å². The maximum atomic E-state index is 11.8. The van der Waals surface area contributed by atoms with Gasteiger partial charge in [0, 0.05) is 31.1 Å². The molecule has 2 rings (SSSR count). The van der Waals surface area contributed by atoms with E-state index in [9.17, 15) is 9.59 Å². The Balaban J connectivity index is 1.92. The molecule has 2 heterocycles. The van der Waals surface area contributed by atoms with E-state index in [4.69, 9.17) is 4.74 Å². The van der Waals surface area contributed by atoms with Crippen LogP contribution in [0.2, 0.25) is 0 Å². The average Bonchev–Trinajstić information content (AvgIpc) is 2.34. The maximum Gasteiger partial charge on any atom is 0.348 e. The topological polar surface area (TPSA) is 73.2 Å². The Morgan fingerprint density at radius 2 is 2.28 bits per heavy atom. The number of amides is 1. The summed E-state index contributed by atoms with van der Waals surface area (Å²) in [5.41, 5.74) is 0.262. The van der Waals surface area contributed by atoms with Crippen LogP contribution in [0.15, 0.2) is 17.1 Å². The summed E-state index contributed by atoms with van der Waals surface area (Å²) in [6.07, 6.45) is 3.24. The molecule has 0 saturated carbocycles. The Hall–Kier alpha value is -1.69. The molecule has 0 unspecified atom stereocenters. The summed E-state index contributed by atoms with van der Waals surface area (Å²) in [5, 5.41) is 2.90. The second-order valence-electron chi connectivity index (χ2n) is 4.43. The molecule has 1 fully saturated rings. The quantitative estimate of drug-likeness (QED) is 0.810. The fraction of sp³-hybridized carbons (Fsp3) is 0.583. The Bertz CT molecular complexity index is 478. The molecule has 1 aliphatic rings. The first kappa shape index (κ1) is 12.8. The highest BCUT2D eigenvalue weighted by molar-refractivity contribution is 5.76. The van der Waals surface area contributed by atoms with Gasteiger partial charge in [0.2, 0.25) is 5.91 Å². The van der Waals surface area contributed by atoms with Crippen molar-refractivity contribution < 1.29 is 9.53 Å². The van der Waals surface area contributed by atoms with Crippen molar-refractivity contribution in [1.82, 2.24) is 14.9 Å². The average molecular weight is 251 g/mol. The Kier molecular flexibility index (Phi) is 4.09. The first-order chi connectivity index (χ1) is 8.65. The molecule has 1 N–H and O–H groups in total. The minimum absolute atomic E-state index is 0.0173. The second-order valence-corrected chi connectivity index (χ2v) is 4.43. The minimum Gasteiger partial charge on any atom is -0.381 e. The Labute approximate surface area is 105 Å². The smallest absolute Gasteiger partial charge is 0.348 e. The van der Waals surface area contributed by atoms with Crippen LogP contribution in [-0.4, -0.2) is 34.7 Å². The molecule has 1 aromatic heterocycles. The molecule has 1 aromatic rings. The van der Waals surface area contributed by atoms with E-state index in [-0.39, 0.29) is 18.5 Å². The van der Waals surface area contributed by atoms with E-state index in [1.807, 2.05) is 0 Å². The molecule has 0 atom stereocenters. The van der Waals surface area contributed by atoms with Crippen molar-refractivity contribution in [1.29, 1.82) is 0 Å². The number of ether oxygens (including phenoxy) is 1. The van der Waals surface area contributed by atoms with Crippen molar-refractivity contribution in [2.45, 2.75) is 32.4 Å². The third-order valence-corrected chi connectivity index (χ3v) is 2.91. The van der Waals surface area contributed by atoms with Crippen LogP contribution in [0.3, 0.4) is 0 Å². The van der Waals surface area contributed by atoms with Crippen LogP contribution in [0, 0.1) is 6.92 Å². The zero-order valence-electron chi connectivity index (χ0n) is 10.4. The lowest BCUT2D eigenvalue weighted by molar-refractivity contribution is -0.123. The maximum absolute atomic E-state index is 11.8. The third kappa shape index (κ3) is 3.40. The predicted molar refractivity (Wildman–Crippen MR) is 65.2 cm³/mol. The number of carbonyl (C=O) groups is 1. The van der Waals surface area contributed by atoms with Gasteiger partial charge in [-0.2, -0.15) is 4.98 Å². The van der Waals surface area contributed by atoms with Crippen molar-refractivity contribution in [3.8, 4) is 0 Å². The lowest BCUT2D eigenvalue weighted by Gasteiger charge is -2.23. The Morgan fingerprint density at radius 3 is 2.94 bits per heavy atom. The van der Waals surface area contributed by atoms with Gasteiger partial charge in [0.1, 0.15) is 6.54 Å². The molecular weight excluding hydrogens is 234 g/mol. The number of hydrogen-bond acceptors (Lipinski definition) is 4. The van der Waals surface area contributed by atoms with E-state index in [0.717, 1.165) is 12.8 Å². The molecule has 0 aromatic carbocycles. The molecular formula is C12H17N3O3. The molecule has 0 radical (unpaired) electrons. The van der Waals surface area contributed by atoms with E-state index in [1.54, 1.807) is 19.2 Å². The summed E-state index contributed by atoms with van der Waals surface area (Å²) >= 11 is 0. The number of hydrogen-bond donors (Lipinski definition) is 1. The number of rotatable bonds is 3. The lowest BCUT2D eigenvalue weighted by Crippen LogP contribution is -2.41. The number of aryl methyl sites for hydroxylation is 1. The fourth-order valence-electron chi connectivity index (χ4n) is 1.90. The normalized spacial score (nSPS) is 16.5. The van der Waals surface area contributed by atoms with Crippen molar-refractivity contribution in [2.75, 3.05) is 13.2 Å². The number of nitrogens with one attached hydrogen (secondary N) is 1. The van der Waals surface area contributed by atoms with Crippen molar-refractivity contribution in [2.24, 2.45) is 0 Å². The fourth-order valence-corrected chi connectivity index (χ4v) is 1.90. The zero-order valence-corrected chi connectivity index (χ0v) is 10.4. The minimum atomic E-state index is -0.392. The van der Waals surface area contributed by atoms with E-state index < -0.39 is 5.69 Å². The number of carbonyl (C=O) groups excluding carboxylic acids is 1. The summed E-state index contributed by atoms with van der Waals surface area (Å²) < 4.78 is 6.52. The van der Waals surface area contributed by atoms with E-state index in [2.05, 4.69) is 10.3 Å². The second kappa shape index (κ2) is 5.77. The molecule has 18 heavy (non-hydrogen) atoms. The van der Waals surface area contributed by atoms with Crippen LogP contribution >= 0.6 is 0 Å². The Morgan fingerprint density at radius 1 is 1.56 bits per heavy atom. The number of nitrogens with zero attached hydrogens (tertiary/aromatic N) is 2. The van der Waals surface area contributed by atoms with Gasteiger partial charge in [-0.15, -0.1) is 0 Å². The molecule has 98 valence electrons. The zero-order chi connectivity index (χ0) is 13.0. The van der Waals surface area contributed by atoms with Gasteiger partial charge in [0.25, 0.3) is 0 Å². The third-order valence-electron chi connectivity index (χ3n) is 2.91. The van der Waals surface area contributed by atoms with Gasteiger partial charge in [0.05, 0.1) is 0 Å². The highest BCUT2D eigenvalue weighted by atomic mass is 16.5. The van der Waals surface area contributed by atoms with Crippen LogP contribution in [0.25, 0.3) is 0 Å². The highest BCUT2D eigenvalue weighted by Gasteiger charge is 2.16. The monoisotopic (exact) mass is 251 g/mol. The molecule has 0 spiro atoms. The summed E-state index contributed by atoms with van der Waals surface area (Å²) in [7, 11) is 0. The van der Waals surface area contributed by atoms with Gasteiger partial charge in [0.15, 0.2) is 0 Å². The van der Waals surface area contributed by atoms with Gasteiger partial charge >= 0.3 is 5.69 Å². The van der Waals surface area contributed by atoms with E-state index in [0.29, 0.717) is 18.9 Å². The van der Waals surface area contributed by atoms with Crippen molar-refractivity contribution >= 4 is 5.91 Å². The number of aromatic nitrogens is 2. The lowest BCUT2D eigenvalue weighted by atomic mass is 10.1. The standard InChI is InChI=1S/C12H17N3O3/c1-9-2-5-15(12(17)13-9)8-11(16)14-10-3-6-18-7-4-10/h2,5,10H,3-4,6-8H2,1H3,(H,14,16). The molecule has 0 aliphatic carbocycles. The van der Waals surface area contributed by atoms with Gasteiger partial charge in [-0.3, -0.25) is 9.36 Å². The van der Waals surface area contributed by atoms with Crippen LogP contribution in [-0.2, 0) is 16.1 Å². The summed E-state index contributed by atoms with van der Waals surface area (Å²) in [4.78, 5) is 27.1. The first-order valence-electron chi connectivity index (χ1n) is 6.06. The first-order valence-corrected chi connectivity index (χ1v) is 6.06. The molecule has 6 heteroatoms. The summed E-state index contributed by atoms with van der Waals surface area (Å²) in [5.74, 6) is -0.158. The summed E-state index contributed by atoms with van der Waals surface area (Å²) in [6, 6.07) is 1.86. The summed E-state index contributed by atoms with van der Waals surface area (Å²) in [6.45, 7) is 3.12. The van der Waals surface area contributed by atoms with Crippen LogP contribution < -0.4 is 11.0 Å². The molecule has 1 saturated heterocycles. The van der Waals surface area contributed by atoms with Gasteiger partial charge < -0.3 is 10.1 Å². The van der Waals surface area contributed by atoms with Crippen LogP contribution in [0.5, 0.6) is 0 Å². The van der Waals surface area contributed by atoms with Crippen LogP contribution in [0.4, 0.5) is 0 Å².